The van der Waals surface area contributed by atoms with Crippen molar-refractivity contribution in [3.05, 3.63) is 106 Å². The standard InChI is InChI=1S/C36H36BrN3O5/c1-23-8-7-9-32(39-18-5-4-6-19-39)35(23)40(34(42)21-28-20-33(45-3)30(36(43)44)22-31(28)37)38-29-16-14-27(15-17-29)26-12-10-25(11-13-26)24(2)41/h7-17,20,22,38H,4-6,18-19,21H2,1-3H3,(H,43,44). The number of hydrazine groups is 1. The summed E-state index contributed by atoms with van der Waals surface area (Å²) in [7, 11) is 1.41. The van der Waals surface area contributed by atoms with Crippen LogP contribution in [0.25, 0.3) is 11.1 Å². The number of hydrogen-bond donors (Lipinski definition) is 2. The Morgan fingerprint density at radius 2 is 1.58 bits per heavy atom. The number of nitrogens with one attached hydrogen (secondary N) is 1. The molecule has 1 aliphatic heterocycles. The SMILES string of the molecule is COc1cc(CC(=O)N(Nc2ccc(-c3ccc(C(C)=O)cc3)cc2)c2c(C)cccc2N2CCCCC2)c(Br)cc1C(=O)O. The number of anilines is 3. The normalized spacial score (nSPS) is 12.8. The van der Waals surface area contributed by atoms with Crippen molar-refractivity contribution in [3.8, 4) is 16.9 Å². The number of carboxylic acids is 1. The van der Waals surface area contributed by atoms with E-state index in [1.54, 1.807) is 18.0 Å². The van der Waals surface area contributed by atoms with E-state index in [4.69, 9.17) is 4.74 Å². The highest BCUT2D eigenvalue weighted by atomic mass is 79.9. The van der Waals surface area contributed by atoms with E-state index in [1.165, 1.54) is 19.6 Å². The first-order valence-electron chi connectivity index (χ1n) is 14.9. The molecule has 0 saturated carbocycles. The minimum absolute atomic E-state index is 0.0119. The fourth-order valence-electron chi connectivity index (χ4n) is 5.64. The number of para-hydroxylation sites is 1. The third-order valence-corrected chi connectivity index (χ3v) is 8.82. The molecule has 1 aliphatic rings. The lowest BCUT2D eigenvalue weighted by Gasteiger charge is -2.35. The van der Waals surface area contributed by atoms with Crippen molar-refractivity contribution in [1.29, 1.82) is 0 Å². The van der Waals surface area contributed by atoms with Gasteiger partial charge in [0.2, 0.25) is 5.91 Å². The van der Waals surface area contributed by atoms with Crippen LogP contribution in [0.15, 0.2) is 83.3 Å². The summed E-state index contributed by atoms with van der Waals surface area (Å²) < 4.78 is 5.85. The van der Waals surface area contributed by atoms with Gasteiger partial charge in [0.15, 0.2) is 5.78 Å². The molecule has 0 atom stereocenters. The Hall–Kier alpha value is -4.63. The van der Waals surface area contributed by atoms with Crippen molar-refractivity contribution in [2.45, 2.75) is 39.5 Å². The summed E-state index contributed by atoms with van der Waals surface area (Å²) in [6, 6.07) is 24.4. The van der Waals surface area contributed by atoms with Gasteiger partial charge in [-0.15, -0.1) is 0 Å². The van der Waals surface area contributed by atoms with E-state index in [-0.39, 0.29) is 29.4 Å². The van der Waals surface area contributed by atoms with Gasteiger partial charge in [-0.25, -0.2) is 9.80 Å². The third kappa shape index (κ3) is 7.20. The van der Waals surface area contributed by atoms with Gasteiger partial charge >= 0.3 is 5.97 Å². The van der Waals surface area contributed by atoms with Gasteiger partial charge in [0.1, 0.15) is 11.3 Å². The highest BCUT2D eigenvalue weighted by Gasteiger charge is 2.26. The Morgan fingerprint density at radius 3 is 2.18 bits per heavy atom. The Labute approximate surface area is 271 Å². The molecule has 4 aromatic carbocycles. The molecule has 9 heteroatoms. The first kappa shape index (κ1) is 31.8. The lowest BCUT2D eigenvalue weighted by Crippen LogP contribution is -2.40. The van der Waals surface area contributed by atoms with E-state index < -0.39 is 5.97 Å². The van der Waals surface area contributed by atoms with Crippen LogP contribution in [-0.2, 0) is 11.2 Å². The van der Waals surface area contributed by atoms with E-state index in [0.29, 0.717) is 15.6 Å². The smallest absolute Gasteiger partial charge is 0.339 e. The number of Topliss-reactive ketones (excluding diaryl/α,β-unsaturated/α-hetero) is 1. The van der Waals surface area contributed by atoms with Crippen molar-refractivity contribution in [1.82, 2.24) is 0 Å². The van der Waals surface area contributed by atoms with Gasteiger partial charge < -0.3 is 14.7 Å². The molecule has 5 rings (SSSR count). The van der Waals surface area contributed by atoms with Crippen LogP contribution >= 0.6 is 15.9 Å². The van der Waals surface area contributed by atoms with Crippen LogP contribution in [-0.4, -0.2) is 43.0 Å². The molecule has 1 fully saturated rings. The first-order valence-corrected chi connectivity index (χ1v) is 15.7. The van der Waals surface area contributed by atoms with Crippen LogP contribution in [0.4, 0.5) is 17.1 Å². The molecule has 4 aromatic rings. The van der Waals surface area contributed by atoms with Crippen molar-refractivity contribution in [2.24, 2.45) is 0 Å². The molecular weight excluding hydrogens is 634 g/mol. The highest BCUT2D eigenvalue weighted by molar-refractivity contribution is 9.10. The molecule has 0 bridgehead atoms. The average molecular weight is 671 g/mol. The third-order valence-electron chi connectivity index (χ3n) is 8.08. The fraction of sp³-hybridized carbons (Fsp3) is 0.250. The Morgan fingerprint density at radius 1 is 0.933 bits per heavy atom. The maximum Gasteiger partial charge on any atom is 0.339 e. The molecule has 232 valence electrons. The summed E-state index contributed by atoms with van der Waals surface area (Å²) in [4.78, 5) is 40.1. The van der Waals surface area contributed by atoms with Crippen molar-refractivity contribution >= 4 is 50.7 Å². The summed E-state index contributed by atoms with van der Waals surface area (Å²) >= 11 is 3.48. The number of hydrogen-bond acceptors (Lipinski definition) is 6. The van der Waals surface area contributed by atoms with Crippen molar-refractivity contribution < 1.29 is 24.2 Å². The van der Waals surface area contributed by atoms with Gasteiger partial charge in [0.05, 0.1) is 30.6 Å². The summed E-state index contributed by atoms with van der Waals surface area (Å²) in [5.41, 5.74) is 10.0. The molecule has 1 heterocycles. The number of ketones is 1. The van der Waals surface area contributed by atoms with Crippen LogP contribution in [0.2, 0.25) is 0 Å². The van der Waals surface area contributed by atoms with Crippen molar-refractivity contribution in [3.63, 3.8) is 0 Å². The summed E-state index contributed by atoms with van der Waals surface area (Å²) in [5.74, 6) is -1.13. The zero-order valence-electron chi connectivity index (χ0n) is 25.6. The van der Waals surface area contributed by atoms with E-state index in [0.717, 1.165) is 59.7 Å². The fourth-order valence-corrected chi connectivity index (χ4v) is 6.12. The van der Waals surface area contributed by atoms with Crippen LogP contribution in [0.1, 0.15) is 58.0 Å². The second-order valence-corrected chi connectivity index (χ2v) is 12.0. The number of ether oxygens (including phenoxy) is 1. The number of carboxylic acid groups (broad SMARTS) is 1. The van der Waals surface area contributed by atoms with E-state index >= 15 is 0 Å². The number of methoxy groups -OCH3 is 1. The second kappa shape index (κ2) is 14.0. The second-order valence-electron chi connectivity index (χ2n) is 11.2. The number of carbonyl (C=O) groups is 3. The number of halogens is 1. The minimum Gasteiger partial charge on any atom is -0.496 e. The largest absolute Gasteiger partial charge is 0.496 e. The molecule has 1 amide bonds. The zero-order chi connectivity index (χ0) is 32.1. The quantitative estimate of drug-likeness (QED) is 0.131. The van der Waals surface area contributed by atoms with Gasteiger partial charge in [0, 0.05) is 23.1 Å². The van der Waals surface area contributed by atoms with E-state index in [1.807, 2.05) is 67.6 Å². The van der Waals surface area contributed by atoms with Crippen LogP contribution in [0.5, 0.6) is 5.75 Å². The molecule has 2 N–H and O–H groups in total. The number of amides is 1. The number of carbonyl (C=O) groups excluding carboxylic acids is 2. The minimum atomic E-state index is -1.11. The molecule has 45 heavy (non-hydrogen) atoms. The Balaban J connectivity index is 1.51. The van der Waals surface area contributed by atoms with Gasteiger partial charge in [-0.05, 0) is 85.7 Å². The van der Waals surface area contributed by atoms with Crippen LogP contribution in [0.3, 0.4) is 0 Å². The Kier molecular flexibility index (Phi) is 9.88. The number of nitrogens with zero attached hydrogens (tertiary/aromatic N) is 2. The molecule has 0 unspecified atom stereocenters. The Bertz CT molecular complexity index is 1710. The maximum atomic E-state index is 14.3. The monoisotopic (exact) mass is 669 g/mol. The van der Waals surface area contributed by atoms with Gasteiger partial charge in [-0.3, -0.25) is 15.0 Å². The number of aryl methyl sites for hydroxylation is 1. The molecule has 8 nitrogen and oxygen atoms in total. The zero-order valence-corrected chi connectivity index (χ0v) is 27.2. The number of rotatable bonds is 10. The summed E-state index contributed by atoms with van der Waals surface area (Å²) in [5, 5.41) is 11.2. The first-order chi connectivity index (χ1) is 21.7. The number of piperidine rings is 1. The molecule has 1 saturated heterocycles. The molecule has 0 spiro atoms. The summed E-state index contributed by atoms with van der Waals surface area (Å²) in [6.07, 6.45) is 3.35. The highest BCUT2D eigenvalue weighted by Crippen LogP contribution is 2.36. The van der Waals surface area contributed by atoms with Crippen LogP contribution < -0.4 is 20.1 Å². The maximum absolute atomic E-state index is 14.3. The predicted octanol–water partition coefficient (Wildman–Crippen LogP) is 7.93. The summed E-state index contributed by atoms with van der Waals surface area (Å²) in [6.45, 7) is 5.37. The van der Waals surface area contributed by atoms with Crippen LogP contribution in [0, 0.1) is 6.92 Å². The topological polar surface area (TPSA) is 99.2 Å². The molecule has 0 aliphatic carbocycles. The lowest BCUT2D eigenvalue weighted by molar-refractivity contribution is -0.117. The predicted molar refractivity (Wildman–Crippen MR) is 182 cm³/mol. The lowest BCUT2D eigenvalue weighted by atomic mass is 10.0. The number of aromatic carboxylic acids is 1. The molecule has 0 radical (unpaired) electrons. The molecule has 0 aromatic heterocycles. The van der Waals surface area contributed by atoms with Gasteiger partial charge in [-0.2, -0.15) is 0 Å². The molecular formula is C36H36BrN3O5. The van der Waals surface area contributed by atoms with Crippen molar-refractivity contribution in [2.75, 3.05) is 35.5 Å². The van der Waals surface area contributed by atoms with E-state index in [2.05, 4.69) is 32.3 Å². The van der Waals surface area contributed by atoms with Gasteiger partial charge in [-0.1, -0.05) is 64.5 Å². The van der Waals surface area contributed by atoms with Gasteiger partial charge in [0.25, 0.3) is 0 Å². The average Bonchev–Trinajstić information content (AvgIpc) is 3.05. The van der Waals surface area contributed by atoms with E-state index in [9.17, 15) is 19.5 Å². The number of benzene rings is 4.